The molecule has 4 aliphatic rings. The van der Waals surface area contributed by atoms with Crippen LogP contribution >= 0.6 is 0 Å². The molecule has 11 heteroatoms. The fourth-order valence-electron chi connectivity index (χ4n) is 5.81. The van der Waals surface area contributed by atoms with Crippen molar-refractivity contribution in [1.29, 1.82) is 0 Å². The first kappa shape index (κ1) is 22.5. The molecule has 2 bridgehead atoms. The van der Waals surface area contributed by atoms with E-state index < -0.39 is 41.3 Å². The molecule has 0 radical (unpaired) electrons. The zero-order valence-corrected chi connectivity index (χ0v) is 17.3. The number of hydrogen-bond acceptors (Lipinski definition) is 9. The molecule has 1 spiro atoms. The van der Waals surface area contributed by atoms with Gasteiger partial charge in [-0.1, -0.05) is 6.07 Å². The van der Waals surface area contributed by atoms with E-state index in [4.69, 9.17) is 25.2 Å². The highest BCUT2D eigenvalue weighted by molar-refractivity contribution is 5.90. The summed E-state index contributed by atoms with van der Waals surface area (Å²) in [7, 11) is 2.04. The molecule has 2 unspecified atom stereocenters. The zero-order chi connectivity index (χ0) is 23.6. The van der Waals surface area contributed by atoms with Crippen molar-refractivity contribution in [3.05, 3.63) is 23.3 Å². The lowest BCUT2D eigenvalue weighted by molar-refractivity contribution is -0.185. The molecule has 5 rings (SSSR count). The van der Waals surface area contributed by atoms with Gasteiger partial charge in [-0.2, -0.15) is 0 Å². The van der Waals surface area contributed by atoms with Gasteiger partial charge in [0.05, 0.1) is 11.0 Å². The molecule has 6 atom stereocenters. The van der Waals surface area contributed by atoms with E-state index in [1.807, 2.05) is 13.1 Å². The molecule has 11 nitrogen and oxygen atoms in total. The molecule has 1 aromatic rings. The van der Waals surface area contributed by atoms with Crippen LogP contribution in [0.2, 0.25) is 0 Å². The summed E-state index contributed by atoms with van der Waals surface area (Å²) in [4.78, 5) is 34.3. The number of likely N-dealkylation sites (N-methyl/N-ethyl adjacent to an activating group) is 1. The van der Waals surface area contributed by atoms with Gasteiger partial charge < -0.3 is 40.3 Å². The number of ether oxygens (including phenoxy) is 1. The number of aliphatic hydroxyl groups excluding tert-OH is 2. The lowest BCUT2D eigenvalue weighted by Gasteiger charge is -2.61. The summed E-state index contributed by atoms with van der Waals surface area (Å²) in [5.41, 5.74) is 0.370. The van der Waals surface area contributed by atoms with E-state index >= 15 is 0 Å². The number of rotatable bonds is 3. The minimum atomic E-state index is -2.27. The molecule has 0 amide bonds. The molecular weight excluding hydrogens is 426 g/mol. The minimum absolute atomic E-state index is 0.00319. The number of aliphatic hydroxyl groups is 3. The Balaban J connectivity index is 0.000000211. The van der Waals surface area contributed by atoms with Crippen molar-refractivity contribution in [3.8, 4) is 11.5 Å². The van der Waals surface area contributed by atoms with Gasteiger partial charge in [-0.05, 0) is 44.5 Å². The number of carbonyl (C=O) groups excluding carboxylic acids is 1. The number of phenolic OH excluding ortho intramolecular Hbond substituents is 1. The van der Waals surface area contributed by atoms with Crippen molar-refractivity contribution < 1.29 is 49.8 Å². The number of ketones is 1. The van der Waals surface area contributed by atoms with Gasteiger partial charge in [-0.3, -0.25) is 4.79 Å². The number of benzene rings is 1. The highest BCUT2D eigenvalue weighted by Gasteiger charge is 2.72. The van der Waals surface area contributed by atoms with Gasteiger partial charge in [0.15, 0.2) is 35.6 Å². The van der Waals surface area contributed by atoms with E-state index in [-0.39, 0.29) is 17.6 Å². The minimum Gasteiger partial charge on any atom is -0.504 e. The van der Waals surface area contributed by atoms with E-state index in [2.05, 4.69) is 4.90 Å². The van der Waals surface area contributed by atoms with Crippen LogP contribution in [0.1, 0.15) is 30.4 Å². The second-order valence-electron chi connectivity index (χ2n) is 8.82. The van der Waals surface area contributed by atoms with Crippen LogP contribution in [-0.4, -0.2) is 96.8 Å². The van der Waals surface area contributed by atoms with Gasteiger partial charge in [0, 0.05) is 18.0 Å². The van der Waals surface area contributed by atoms with Gasteiger partial charge in [-0.15, -0.1) is 0 Å². The third-order valence-electron chi connectivity index (χ3n) is 7.33. The van der Waals surface area contributed by atoms with Gasteiger partial charge in [0.25, 0.3) is 0 Å². The summed E-state index contributed by atoms with van der Waals surface area (Å²) in [5, 5.41) is 54.4. The Hall–Kier alpha value is -2.73. The van der Waals surface area contributed by atoms with E-state index in [0.29, 0.717) is 25.0 Å². The number of aliphatic carboxylic acids is 2. The Labute approximate surface area is 182 Å². The number of phenols is 1. The Bertz CT molecular complexity index is 977. The fourth-order valence-corrected chi connectivity index (χ4v) is 5.81. The maximum absolute atomic E-state index is 12.5. The van der Waals surface area contributed by atoms with Crippen LogP contribution in [0.3, 0.4) is 0 Å². The molecular formula is C21H25NO10. The number of hydrogen-bond donors (Lipinski definition) is 6. The predicted molar refractivity (Wildman–Crippen MR) is 105 cm³/mol. The van der Waals surface area contributed by atoms with Crippen molar-refractivity contribution in [2.75, 3.05) is 13.6 Å². The number of carboxylic acid groups (broad SMARTS) is 2. The molecule has 2 aliphatic carbocycles. The number of likely N-dealkylation sites (tertiary alicyclic amines) is 1. The lowest BCUT2D eigenvalue weighted by Crippen LogP contribution is -2.76. The second-order valence-corrected chi connectivity index (χ2v) is 8.82. The van der Waals surface area contributed by atoms with Gasteiger partial charge in [0.2, 0.25) is 0 Å². The first-order valence-electron chi connectivity index (χ1n) is 10.2. The molecule has 6 N–H and O–H groups in total. The molecule has 1 saturated heterocycles. The maximum Gasteiger partial charge on any atom is 0.335 e. The van der Waals surface area contributed by atoms with Crippen molar-refractivity contribution in [3.63, 3.8) is 0 Å². The van der Waals surface area contributed by atoms with Crippen LogP contribution in [0.4, 0.5) is 0 Å². The quantitative estimate of drug-likeness (QED) is 0.318. The third kappa shape index (κ3) is 2.85. The number of nitrogens with zero attached hydrogens (tertiary/aromatic N) is 1. The Morgan fingerprint density at radius 2 is 1.78 bits per heavy atom. The summed E-state index contributed by atoms with van der Waals surface area (Å²) >= 11 is 0. The van der Waals surface area contributed by atoms with Crippen LogP contribution in [-0.2, 0) is 26.2 Å². The molecule has 0 aromatic heterocycles. The van der Waals surface area contributed by atoms with Crippen LogP contribution in [0.15, 0.2) is 12.1 Å². The Kier molecular flexibility index (Phi) is 5.20. The number of aromatic hydroxyl groups is 1. The monoisotopic (exact) mass is 451 g/mol. The van der Waals surface area contributed by atoms with Gasteiger partial charge in [0.1, 0.15) is 0 Å². The lowest BCUT2D eigenvalue weighted by atomic mass is 9.49. The third-order valence-corrected chi connectivity index (χ3v) is 7.33. The van der Waals surface area contributed by atoms with E-state index in [1.165, 1.54) is 0 Å². The zero-order valence-electron chi connectivity index (χ0n) is 17.3. The van der Waals surface area contributed by atoms with Crippen LogP contribution in [0.5, 0.6) is 11.5 Å². The molecule has 2 aliphatic heterocycles. The van der Waals surface area contributed by atoms with Crippen molar-refractivity contribution >= 4 is 17.7 Å². The summed E-state index contributed by atoms with van der Waals surface area (Å²) in [6, 6.07) is 3.57. The molecule has 2 fully saturated rings. The van der Waals surface area contributed by atoms with Gasteiger partial charge in [-0.25, -0.2) is 9.59 Å². The Morgan fingerprint density at radius 1 is 1.16 bits per heavy atom. The Morgan fingerprint density at radius 3 is 2.38 bits per heavy atom. The standard InChI is InChI=1S/C17H19NO4.C4H6O6/c1-18-7-6-16-13-9-2-3-10(19)14(13)22-15(16)11(20)4-5-17(16,21)12(18)8-9;5-1(3(7)8)2(6)4(9)10/h2-3,12,15,19,21H,4-8H2,1H3;1-2,5-6H,(H,7,8)(H,9,10)/t12-,15+,16+,17-;/m1./s1. The van der Waals surface area contributed by atoms with Crippen LogP contribution in [0, 0.1) is 0 Å². The topological polar surface area (TPSA) is 185 Å². The average Bonchev–Trinajstić information content (AvgIpc) is 3.10. The fraction of sp³-hybridized carbons (Fsp3) is 0.571. The van der Waals surface area contributed by atoms with Crippen LogP contribution in [0.25, 0.3) is 0 Å². The highest BCUT2D eigenvalue weighted by atomic mass is 16.5. The normalized spacial score (nSPS) is 33.8. The molecule has 2 heterocycles. The average molecular weight is 451 g/mol. The second kappa shape index (κ2) is 7.41. The predicted octanol–water partition coefficient (Wildman–Crippen LogP) is -1.38. The van der Waals surface area contributed by atoms with Crippen molar-refractivity contribution in [1.82, 2.24) is 4.90 Å². The number of Topliss-reactive ketones (excluding diaryl/α,β-unsaturated/α-hetero) is 1. The SMILES string of the molecule is CN1CC[C@]23c4c5ccc(O)c4O[C@H]2C(=O)CC[C@@]3(O)[C@H]1C5.O=C(O)C(O)C(O)C(=O)O. The van der Waals surface area contributed by atoms with Crippen molar-refractivity contribution in [2.24, 2.45) is 0 Å². The first-order chi connectivity index (χ1) is 15.0. The largest absolute Gasteiger partial charge is 0.504 e. The number of piperidine rings is 1. The summed E-state index contributed by atoms with van der Waals surface area (Å²) in [6.07, 6.45) is -2.93. The van der Waals surface area contributed by atoms with Crippen LogP contribution < -0.4 is 4.74 Å². The molecule has 32 heavy (non-hydrogen) atoms. The molecule has 1 aromatic carbocycles. The van der Waals surface area contributed by atoms with E-state index in [0.717, 1.165) is 24.1 Å². The van der Waals surface area contributed by atoms with Crippen molar-refractivity contribution in [2.45, 2.75) is 61.1 Å². The molecule has 1 saturated carbocycles. The smallest absolute Gasteiger partial charge is 0.335 e. The highest BCUT2D eigenvalue weighted by Crippen LogP contribution is 2.64. The van der Waals surface area contributed by atoms with E-state index in [1.54, 1.807) is 6.07 Å². The maximum atomic E-state index is 12.5. The van der Waals surface area contributed by atoms with E-state index in [9.17, 15) is 24.6 Å². The number of carboxylic acids is 2. The first-order valence-corrected chi connectivity index (χ1v) is 10.2. The molecule has 174 valence electrons. The summed E-state index contributed by atoms with van der Waals surface area (Å²) in [5.74, 6) is -2.98. The van der Waals surface area contributed by atoms with Gasteiger partial charge >= 0.3 is 11.9 Å². The summed E-state index contributed by atoms with van der Waals surface area (Å²) in [6.45, 7) is 0.828. The number of carbonyl (C=O) groups is 3. The summed E-state index contributed by atoms with van der Waals surface area (Å²) < 4.78 is 5.94.